The van der Waals surface area contributed by atoms with E-state index in [9.17, 15) is 0 Å². The van der Waals surface area contributed by atoms with Gasteiger partial charge in [-0.15, -0.1) is 0 Å². The molecule has 0 amide bonds. The molecule has 0 saturated heterocycles. The number of nitrogens with two attached hydrogens (primary N) is 1. The topological polar surface area (TPSA) is 49.8 Å². The summed E-state index contributed by atoms with van der Waals surface area (Å²) in [4.78, 5) is 0. The second kappa shape index (κ2) is 2.89. The molecule has 0 heterocycles. The first-order valence-electron chi connectivity index (χ1n) is 3.68. The molecule has 0 radical (unpaired) electrons. The molecule has 0 spiro atoms. The molecule has 0 aliphatic heterocycles. The summed E-state index contributed by atoms with van der Waals surface area (Å²) in [5.74, 6) is 0. The molecule has 1 rings (SSSR count). The lowest BCUT2D eigenvalue weighted by molar-refractivity contribution is 0.747. The highest BCUT2D eigenvalue weighted by Gasteiger charge is 2.14. The van der Waals surface area contributed by atoms with Crippen LogP contribution >= 0.6 is 0 Å². The van der Waals surface area contributed by atoms with E-state index in [0.29, 0.717) is 6.42 Å². The van der Waals surface area contributed by atoms with Crippen LogP contribution in [0.3, 0.4) is 0 Å². The maximum atomic E-state index is 8.62. The van der Waals surface area contributed by atoms with Crippen LogP contribution in [0.1, 0.15) is 20.3 Å². The van der Waals surface area contributed by atoms with E-state index in [1.807, 2.05) is 19.9 Å². The average molecular weight is 148 g/mol. The highest BCUT2D eigenvalue weighted by atomic mass is 14.6. The second-order valence-corrected chi connectivity index (χ2v) is 2.96. The molecular weight excluding hydrogens is 136 g/mol. The van der Waals surface area contributed by atoms with Crippen molar-refractivity contribution >= 4 is 0 Å². The second-order valence-electron chi connectivity index (χ2n) is 2.96. The molecule has 2 nitrogen and oxygen atoms in total. The Kier molecular flexibility index (Phi) is 2.11. The van der Waals surface area contributed by atoms with E-state index in [1.54, 1.807) is 0 Å². The number of allylic oxidation sites excluding steroid dienone is 2. The van der Waals surface area contributed by atoms with E-state index in [4.69, 9.17) is 11.0 Å². The van der Waals surface area contributed by atoms with Gasteiger partial charge < -0.3 is 5.73 Å². The summed E-state index contributed by atoms with van der Waals surface area (Å²) in [7, 11) is 0. The van der Waals surface area contributed by atoms with Gasteiger partial charge >= 0.3 is 0 Å². The minimum absolute atomic E-state index is 0.0506. The first-order valence-corrected chi connectivity index (χ1v) is 3.68. The Morgan fingerprint density at radius 3 is 2.73 bits per heavy atom. The summed E-state index contributed by atoms with van der Waals surface area (Å²) in [6, 6.07) is 2.18. The van der Waals surface area contributed by atoms with Crippen LogP contribution in [0.5, 0.6) is 0 Å². The first kappa shape index (κ1) is 8.03. The Labute approximate surface area is 67.0 Å². The summed E-state index contributed by atoms with van der Waals surface area (Å²) < 4.78 is 0. The number of nitrogens with zero attached hydrogens (tertiary/aromatic N) is 1. The van der Waals surface area contributed by atoms with E-state index in [1.165, 1.54) is 5.57 Å². The lowest BCUT2D eigenvalue weighted by Crippen LogP contribution is -2.24. The van der Waals surface area contributed by atoms with Gasteiger partial charge in [0.25, 0.3) is 0 Å². The van der Waals surface area contributed by atoms with Crippen LogP contribution in [-0.2, 0) is 0 Å². The van der Waals surface area contributed by atoms with Gasteiger partial charge in [-0.25, -0.2) is 0 Å². The van der Waals surface area contributed by atoms with Gasteiger partial charge in [0.2, 0.25) is 0 Å². The fourth-order valence-corrected chi connectivity index (χ4v) is 1.19. The standard InChI is InChI=1S/C9H12N2/c1-6-3-8(5-10)4-9(11)7(6)2/h3,9H,4,11H2,1-2H3. The van der Waals surface area contributed by atoms with Gasteiger partial charge in [0.05, 0.1) is 6.07 Å². The van der Waals surface area contributed by atoms with Crippen LogP contribution in [0, 0.1) is 11.3 Å². The third-order valence-corrected chi connectivity index (χ3v) is 2.15. The quantitative estimate of drug-likeness (QED) is 0.566. The van der Waals surface area contributed by atoms with Crippen molar-refractivity contribution in [3.05, 3.63) is 22.8 Å². The van der Waals surface area contributed by atoms with Crippen molar-refractivity contribution in [3.63, 3.8) is 0 Å². The van der Waals surface area contributed by atoms with Crippen LogP contribution < -0.4 is 5.73 Å². The van der Waals surface area contributed by atoms with Crippen LogP contribution in [0.2, 0.25) is 0 Å². The smallest absolute Gasteiger partial charge is 0.0947 e. The van der Waals surface area contributed by atoms with Crippen LogP contribution in [0.15, 0.2) is 22.8 Å². The molecule has 1 aliphatic carbocycles. The number of rotatable bonds is 0. The fourth-order valence-electron chi connectivity index (χ4n) is 1.19. The first-order chi connectivity index (χ1) is 5.15. The van der Waals surface area contributed by atoms with Crippen LogP contribution in [0.4, 0.5) is 0 Å². The van der Waals surface area contributed by atoms with E-state index in [-0.39, 0.29) is 6.04 Å². The van der Waals surface area contributed by atoms with Crippen molar-refractivity contribution in [2.75, 3.05) is 0 Å². The molecule has 2 heteroatoms. The van der Waals surface area contributed by atoms with Gasteiger partial charge in [0.1, 0.15) is 0 Å². The van der Waals surface area contributed by atoms with E-state index in [2.05, 4.69) is 6.07 Å². The zero-order chi connectivity index (χ0) is 8.43. The van der Waals surface area contributed by atoms with Crippen molar-refractivity contribution in [2.24, 2.45) is 5.73 Å². The molecule has 0 aromatic heterocycles. The average Bonchev–Trinajstić information content (AvgIpc) is 1.99. The predicted octanol–water partition coefficient (Wildman–Crippen LogP) is 1.50. The van der Waals surface area contributed by atoms with Gasteiger partial charge in [0.15, 0.2) is 0 Å². The maximum Gasteiger partial charge on any atom is 0.0947 e. The summed E-state index contributed by atoms with van der Waals surface area (Å²) in [6.45, 7) is 4.01. The van der Waals surface area contributed by atoms with Gasteiger partial charge in [-0.2, -0.15) is 5.26 Å². The highest BCUT2D eigenvalue weighted by molar-refractivity contribution is 5.40. The van der Waals surface area contributed by atoms with Crippen LogP contribution in [-0.4, -0.2) is 6.04 Å². The third kappa shape index (κ3) is 1.50. The summed E-state index contributed by atoms with van der Waals surface area (Å²) in [5, 5.41) is 8.62. The van der Waals surface area contributed by atoms with E-state index < -0.39 is 0 Å². The Morgan fingerprint density at radius 1 is 1.64 bits per heavy atom. The Hall–Kier alpha value is -1.07. The van der Waals surface area contributed by atoms with Gasteiger partial charge in [-0.3, -0.25) is 0 Å². The molecular formula is C9H12N2. The van der Waals surface area contributed by atoms with Crippen molar-refractivity contribution in [1.29, 1.82) is 5.26 Å². The lowest BCUT2D eigenvalue weighted by Gasteiger charge is -2.18. The lowest BCUT2D eigenvalue weighted by atomic mass is 9.91. The van der Waals surface area contributed by atoms with E-state index in [0.717, 1.165) is 11.1 Å². The predicted molar refractivity (Wildman–Crippen MR) is 44.7 cm³/mol. The Bertz CT molecular complexity index is 266. The molecule has 58 valence electrons. The zero-order valence-corrected chi connectivity index (χ0v) is 6.89. The monoisotopic (exact) mass is 148 g/mol. The van der Waals surface area contributed by atoms with Crippen molar-refractivity contribution in [1.82, 2.24) is 0 Å². The number of hydrogen-bond acceptors (Lipinski definition) is 2. The molecule has 0 aromatic rings. The molecule has 0 aromatic carbocycles. The SMILES string of the molecule is CC1=C(C)C(N)CC(C#N)=C1. The minimum Gasteiger partial charge on any atom is -0.324 e. The Morgan fingerprint density at radius 2 is 2.27 bits per heavy atom. The summed E-state index contributed by atoms with van der Waals surface area (Å²) in [5.41, 5.74) is 8.91. The molecule has 1 unspecified atom stereocenters. The van der Waals surface area contributed by atoms with Gasteiger partial charge in [-0.1, -0.05) is 5.57 Å². The Balaban J connectivity index is 2.98. The zero-order valence-electron chi connectivity index (χ0n) is 6.89. The van der Waals surface area contributed by atoms with Crippen molar-refractivity contribution < 1.29 is 0 Å². The summed E-state index contributed by atoms with van der Waals surface area (Å²) >= 11 is 0. The van der Waals surface area contributed by atoms with Gasteiger partial charge in [0, 0.05) is 18.0 Å². The van der Waals surface area contributed by atoms with E-state index >= 15 is 0 Å². The molecule has 1 atom stereocenters. The van der Waals surface area contributed by atoms with Gasteiger partial charge in [-0.05, 0) is 25.5 Å². The molecule has 0 bridgehead atoms. The number of hydrogen-bond donors (Lipinski definition) is 1. The molecule has 0 saturated carbocycles. The largest absolute Gasteiger partial charge is 0.324 e. The molecule has 1 aliphatic rings. The molecule has 2 N–H and O–H groups in total. The molecule has 0 fully saturated rings. The van der Waals surface area contributed by atoms with Crippen molar-refractivity contribution in [2.45, 2.75) is 26.3 Å². The normalized spacial score (nSPS) is 24.5. The molecule has 11 heavy (non-hydrogen) atoms. The van der Waals surface area contributed by atoms with Crippen molar-refractivity contribution in [3.8, 4) is 6.07 Å². The maximum absolute atomic E-state index is 8.62. The fraction of sp³-hybridized carbons (Fsp3) is 0.444. The highest BCUT2D eigenvalue weighted by Crippen LogP contribution is 2.21. The third-order valence-electron chi connectivity index (χ3n) is 2.15. The minimum atomic E-state index is 0.0506. The summed E-state index contributed by atoms with van der Waals surface area (Å²) in [6.07, 6.45) is 2.61. The number of nitriles is 1. The van der Waals surface area contributed by atoms with Crippen LogP contribution in [0.25, 0.3) is 0 Å².